The molecule has 0 aromatic carbocycles. The van der Waals surface area contributed by atoms with Crippen molar-refractivity contribution in [3.63, 3.8) is 0 Å². The average molecular weight is 195 g/mol. The van der Waals surface area contributed by atoms with E-state index in [1.165, 1.54) is 0 Å². The molecule has 0 unspecified atom stereocenters. The first kappa shape index (κ1) is 10.0. The van der Waals surface area contributed by atoms with Crippen molar-refractivity contribution in [1.29, 1.82) is 0 Å². The Balaban J connectivity index is 2.58. The molecule has 0 aromatic rings. The molecule has 1 aliphatic rings. The molecule has 0 saturated carbocycles. The molecule has 1 heterocycles. The number of β-amino-alcohol motifs (C(OH)–C–C–N with tert-alkyl or cyclic N) is 1. The second kappa shape index (κ2) is 2.73. The lowest BCUT2D eigenvalue weighted by Gasteiger charge is -2.46. The molecule has 13 heavy (non-hydrogen) atoms. The molecule has 0 radical (unpaired) electrons. The summed E-state index contributed by atoms with van der Waals surface area (Å²) in [5.74, 6) is -0.603. The number of hydrogen-bond acceptors (Lipinski definition) is 2. The van der Waals surface area contributed by atoms with Gasteiger partial charge in [-0.25, -0.2) is 0 Å². The molecule has 1 saturated heterocycles. The fraction of sp³-hybridized carbons (Fsp3) is 0.571. The summed E-state index contributed by atoms with van der Waals surface area (Å²) in [6, 6.07) is 0. The quantitative estimate of drug-likeness (QED) is 0.611. The van der Waals surface area contributed by atoms with Crippen LogP contribution in [0.2, 0.25) is 0 Å². The summed E-state index contributed by atoms with van der Waals surface area (Å²) in [6.45, 7) is 1.71. The van der Waals surface area contributed by atoms with E-state index in [9.17, 15) is 18.0 Å². The van der Waals surface area contributed by atoms with Crippen molar-refractivity contribution < 1.29 is 23.1 Å². The Kier molecular flexibility index (Phi) is 2.11. The van der Waals surface area contributed by atoms with Gasteiger partial charge in [-0.05, 0) is 6.08 Å². The lowest BCUT2D eigenvalue weighted by molar-refractivity contribution is -0.296. The van der Waals surface area contributed by atoms with Crippen LogP contribution < -0.4 is 0 Å². The first-order chi connectivity index (χ1) is 5.80. The molecule has 1 rings (SSSR count). The summed E-state index contributed by atoms with van der Waals surface area (Å²) in [5.41, 5.74) is -2.73. The van der Waals surface area contributed by atoms with Crippen LogP contribution in [-0.4, -0.2) is 40.8 Å². The van der Waals surface area contributed by atoms with Crippen LogP contribution in [0.15, 0.2) is 12.7 Å². The van der Waals surface area contributed by atoms with Crippen LogP contribution in [0.25, 0.3) is 0 Å². The van der Waals surface area contributed by atoms with Crippen LogP contribution in [-0.2, 0) is 4.79 Å². The fourth-order valence-electron chi connectivity index (χ4n) is 1.05. The number of aliphatic hydroxyl groups is 1. The number of hydrogen-bond donors (Lipinski definition) is 1. The number of nitrogens with zero attached hydrogens (tertiary/aromatic N) is 1. The van der Waals surface area contributed by atoms with E-state index < -0.39 is 30.8 Å². The first-order valence-electron chi connectivity index (χ1n) is 3.50. The molecule has 6 heteroatoms. The van der Waals surface area contributed by atoms with Crippen LogP contribution in [0, 0.1) is 0 Å². The smallest absolute Gasteiger partial charge is 0.378 e. The first-order valence-corrected chi connectivity index (χ1v) is 3.50. The Morgan fingerprint density at radius 1 is 1.54 bits per heavy atom. The summed E-state index contributed by atoms with van der Waals surface area (Å²) >= 11 is 0. The van der Waals surface area contributed by atoms with E-state index in [1.807, 2.05) is 0 Å². The van der Waals surface area contributed by atoms with Gasteiger partial charge in [0.05, 0.1) is 13.1 Å². The van der Waals surface area contributed by atoms with E-state index in [-0.39, 0.29) is 0 Å². The minimum absolute atomic E-state index is 0.603. The lowest BCUT2D eigenvalue weighted by atomic mass is 9.93. The highest BCUT2D eigenvalue weighted by Gasteiger charge is 2.61. The third kappa shape index (κ3) is 1.53. The van der Waals surface area contributed by atoms with Gasteiger partial charge < -0.3 is 10.0 Å². The molecule has 1 N–H and O–H groups in total. The highest BCUT2D eigenvalue weighted by molar-refractivity contribution is 5.87. The Morgan fingerprint density at radius 2 is 2.00 bits per heavy atom. The molecular weight excluding hydrogens is 187 g/mol. The standard InChI is InChI=1S/C7H8F3NO2/c1-2-5(12)11-3-6(13,4-11)7(8,9)10/h2,13H,1,3-4H2. The van der Waals surface area contributed by atoms with Gasteiger partial charge >= 0.3 is 6.18 Å². The minimum Gasteiger partial charge on any atom is -0.378 e. The summed E-state index contributed by atoms with van der Waals surface area (Å²) in [6.07, 6.45) is -3.76. The van der Waals surface area contributed by atoms with E-state index in [0.717, 1.165) is 11.0 Å². The second-order valence-corrected chi connectivity index (χ2v) is 2.93. The van der Waals surface area contributed by atoms with Crippen molar-refractivity contribution >= 4 is 5.91 Å². The Hall–Kier alpha value is -1.04. The molecular formula is C7H8F3NO2. The van der Waals surface area contributed by atoms with Gasteiger partial charge in [0.1, 0.15) is 0 Å². The normalized spacial score (nSPS) is 20.8. The third-order valence-electron chi connectivity index (χ3n) is 1.92. The lowest BCUT2D eigenvalue weighted by Crippen LogP contribution is -2.70. The Bertz CT molecular complexity index is 243. The topological polar surface area (TPSA) is 40.5 Å². The maximum absolute atomic E-state index is 12.0. The van der Waals surface area contributed by atoms with Crippen LogP contribution in [0.4, 0.5) is 13.2 Å². The van der Waals surface area contributed by atoms with Gasteiger partial charge in [-0.15, -0.1) is 0 Å². The maximum atomic E-state index is 12.0. The average Bonchev–Trinajstić information content (AvgIpc) is 1.95. The number of alkyl halides is 3. The van der Waals surface area contributed by atoms with Gasteiger partial charge in [-0.2, -0.15) is 13.2 Å². The number of carbonyl (C=O) groups is 1. The van der Waals surface area contributed by atoms with Crippen LogP contribution in [0.3, 0.4) is 0 Å². The minimum atomic E-state index is -4.68. The van der Waals surface area contributed by atoms with Crippen molar-refractivity contribution in [1.82, 2.24) is 4.90 Å². The predicted molar refractivity (Wildman–Crippen MR) is 37.8 cm³/mol. The molecule has 1 fully saturated rings. The number of amides is 1. The van der Waals surface area contributed by atoms with Crippen molar-refractivity contribution in [3.05, 3.63) is 12.7 Å². The van der Waals surface area contributed by atoms with Gasteiger partial charge in [-0.3, -0.25) is 4.79 Å². The SMILES string of the molecule is C=CC(=O)N1CC(O)(C(F)(F)F)C1. The number of halogens is 3. The van der Waals surface area contributed by atoms with E-state index in [0.29, 0.717) is 0 Å². The van der Waals surface area contributed by atoms with Gasteiger partial charge in [0.2, 0.25) is 5.91 Å². The largest absolute Gasteiger partial charge is 0.420 e. The zero-order chi connectivity index (χ0) is 10.3. The van der Waals surface area contributed by atoms with E-state index in [4.69, 9.17) is 5.11 Å². The van der Waals surface area contributed by atoms with Gasteiger partial charge in [0.15, 0.2) is 5.60 Å². The monoisotopic (exact) mass is 195 g/mol. The van der Waals surface area contributed by atoms with Crippen molar-refractivity contribution in [2.45, 2.75) is 11.8 Å². The summed E-state index contributed by atoms with van der Waals surface area (Å²) < 4.78 is 36.0. The highest BCUT2D eigenvalue weighted by atomic mass is 19.4. The van der Waals surface area contributed by atoms with Gasteiger partial charge in [0.25, 0.3) is 0 Å². The summed E-state index contributed by atoms with van der Waals surface area (Å²) in [7, 11) is 0. The van der Waals surface area contributed by atoms with Crippen LogP contribution in [0.1, 0.15) is 0 Å². The van der Waals surface area contributed by atoms with Crippen molar-refractivity contribution in [2.75, 3.05) is 13.1 Å². The summed E-state index contributed by atoms with van der Waals surface area (Å²) in [4.78, 5) is 11.6. The highest BCUT2D eigenvalue weighted by Crippen LogP contribution is 2.37. The molecule has 0 spiro atoms. The molecule has 3 nitrogen and oxygen atoms in total. The van der Waals surface area contributed by atoms with Crippen LogP contribution in [0.5, 0.6) is 0 Å². The van der Waals surface area contributed by atoms with E-state index in [1.54, 1.807) is 0 Å². The molecule has 0 atom stereocenters. The molecule has 1 amide bonds. The Morgan fingerprint density at radius 3 is 2.31 bits per heavy atom. The molecule has 0 aromatic heterocycles. The zero-order valence-corrected chi connectivity index (χ0v) is 6.64. The van der Waals surface area contributed by atoms with Gasteiger partial charge in [0, 0.05) is 0 Å². The van der Waals surface area contributed by atoms with Crippen molar-refractivity contribution in [2.24, 2.45) is 0 Å². The molecule has 1 aliphatic heterocycles. The zero-order valence-electron chi connectivity index (χ0n) is 6.64. The fourth-order valence-corrected chi connectivity index (χ4v) is 1.05. The van der Waals surface area contributed by atoms with Crippen molar-refractivity contribution in [3.8, 4) is 0 Å². The predicted octanol–water partition coefficient (Wildman–Crippen LogP) is 0.308. The van der Waals surface area contributed by atoms with E-state index >= 15 is 0 Å². The number of likely N-dealkylation sites (tertiary alicyclic amines) is 1. The molecule has 74 valence electrons. The third-order valence-corrected chi connectivity index (χ3v) is 1.92. The van der Waals surface area contributed by atoms with E-state index in [2.05, 4.69) is 6.58 Å². The Labute approximate surface area is 72.4 Å². The maximum Gasteiger partial charge on any atom is 0.420 e. The number of carbonyl (C=O) groups excluding carboxylic acids is 1. The summed E-state index contributed by atoms with van der Waals surface area (Å²) in [5, 5.41) is 8.91. The molecule has 0 bridgehead atoms. The van der Waals surface area contributed by atoms with Crippen LogP contribution >= 0.6 is 0 Å². The second-order valence-electron chi connectivity index (χ2n) is 2.93. The van der Waals surface area contributed by atoms with Gasteiger partial charge in [-0.1, -0.05) is 6.58 Å². The number of rotatable bonds is 1. The molecule has 0 aliphatic carbocycles.